The number of hydrogen-bond acceptors (Lipinski definition) is 0. The Bertz CT molecular complexity index is 497. The summed E-state index contributed by atoms with van der Waals surface area (Å²) in [5.41, 5.74) is 0. The normalized spacial score (nSPS) is 53.8. The van der Waals surface area contributed by atoms with Crippen molar-refractivity contribution in [1.29, 1.82) is 0 Å². The molecule has 108 valence electrons. The highest BCUT2D eigenvalue weighted by Gasteiger charge is 2.86. The second-order valence-corrected chi connectivity index (χ2v) is 10.4. The van der Waals surface area contributed by atoms with Gasteiger partial charge in [-0.1, -0.05) is 69.6 Å². The summed E-state index contributed by atoms with van der Waals surface area (Å²) in [6.07, 6.45) is 0.286. The first-order chi connectivity index (χ1) is 8.44. The Balaban J connectivity index is 2.27. The summed E-state index contributed by atoms with van der Waals surface area (Å²) in [6, 6.07) is 0. The first-order valence-corrected chi connectivity index (χ1v) is 8.73. The van der Waals surface area contributed by atoms with Gasteiger partial charge in [0.2, 0.25) is 0 Å². The molecule has 0 N–H and O–H groups in total. The number of halogens is 9. The molecule has 2 fully saturated rings. The molecule has 0 aliphatic heterocycles. The zero-order chi connectivity index (χ0) is 14.6. The van der Waals surface area contributed by atoms with Gasteiger partial charge in [0.1, 0.15) is 14.1 Å². The van der Waals surface area contributed by atoms with Crippen molar-refractivity contribution in [3.63, 3.8) is 0 Å². The second-order valence-electron chi connectivity index (χ2n) is 5.13. The zero-order valence-corrected chi connectivity index (χ0v) is 15.6. The minimum absolute atomic E-state index is 0.119. The van der Waals surface area contributed by atoms with E-state index in [9.17, 15) is 0 Å². The quantitative estimate of drug-likeness (QED) is 0.388. The molecule has 0 unspecified atom stereocenters. The molecule has 0 aromatic carbocycles. The van der Waals surface area contributed by atoms with Crippen molar-refractivity contribution in [2.24, 2.45) is 11.8 Å². The average Bonchev–Trinajstić information content (AvgIpc) is 2.65. The summed E-state index contributed by atoms with van der Waals surface area (Å²) >= 11 is 57.3. The largest absolute Gasteiger partial charge is 0.166 e. The van der Waals surface area contributed by atoms with E-state index in [1.807, 2.05) is 0 Å². The van der Waals surface area contributed by atoms with E-state index in [4.69, 9.17) is 104 Å². The summed E-state index contributed by atoms with van der Waals surface area (Å²) in [6.45, 7) is 0. The van der Waals surface area contributed by atoms with Crippen molar-refractivity contribution in [3.05, 3.63) is 10.1 Å². The van der Waals surface area contributed by atoms with Crippen LogP contribution in [0.25, 0.3) is 0 Å². The Morgan fingerprint density at radius 3 is 1.84 bits per heavy atom. The van der Waals surface area contributed by atoms with Crippen LogP contribution in [-0.4, -0.2) is 23.8 Å². The van der Waals surface area contributed by atoms with Gasteiger partial charge in [0.15, 0.2) is 4.33 Å². The molecule has 2 bridgehead atoms. The lowest BCUT2D eigenvalue weighted by molar-refractivity contribution is 0.385. The summed E-state index contributed by atoms with van der Waals surface area (Å²) in [5, 5.41) is -0.421. The molecule has 0 amide bonds. The molecule has 0 saturated heterocycles. The van der Waals surface area contributed by atoms with Crippen molar-refractivity contribution >= 4 is 104 Å². The van der Waals surface area contributed by atoms with E-state index < -0.39 is 29.7 Å². The van der Waals surface area contributed by atoms with Crippen LogP contribution in [0.4, 0.5) is 0 Å². The molecular weight excluding hydrogens is 439 g/mol. The van der Waals surface area contributed by atoms with Gasteiger partial charge in [-0.05, 0) is 12.3 Å². The van der Waals surface area contributed by atoms with Crippen molar-refractivity contribution in [3.8, 4) is 0 Å². The van der Waals surface area contributed by atoms with Crippen LogP contribution in [0.1, 0.15) is 6.42 Å². The molecule has 19 heavy (non-hydrogen) atoms. The fraction of sp³-hybridized carbons (Fsp3) is 0.800. The maximum absolute atomic E-state index is 6.62. The smallest absolute Gasteiger partial charge is 0.119 e. The van der Waals surface area contributed by atoms with E-state index in [2.05, 4.69) is 0 Å². The number of alkyl halides is 7. The molecule has 0 radical (unpaired) electrons. The predicted molar refractivity (Wildman–Crippen MR) is 86.0 cm³/mol. The molecule has 0 nitrogen and oxygen atoms in total. The van der Waals surface area contributed by atoms with E-state index >= 15 is 0 Å². The predicted octanol–water partition coefficient (Wildman–Crippen LogP) is 6.25. The molecule has 3 rings (SSSR count). The molecule has 5 atom stereocenters. The molecule has 9 heteroatoms. The molecule has 3 aliphatic rings. The van der Waals surface area contributed by atoms with Gasteiger partial charge in [0.05, 0.1) is 15.4 Å². The van der Waals surface area contributed by atoms with E-state index in [0.717, 1.165) is 0 Å². The Hall–Kier alpha value is 2.35. The van der Waals surface area contributed by atoms with Gasteiger partial charge in [0, 0.05) is 5.92 Å². The Morgan fingerprint density at radius 2 is 1.32 bits per heavy atom. The molecule has 0 aromatic heterocycles. The number of allylic oxidation sites excluding steroid dienone is 2. The van der Waals surface area contributed by atoms with Gasteiger partial charge in [-0.25, -0.2) is 0 Å². The lowest BCUT2D eigenvalue weighted by Gasteiger charge is -2.36. The standard InChI is InChI=1S/C10H5Cl9/c11-4-3-2(1-7(4,14)15)8(16)5(12)6(13)9(3,17)10(8,18)19/h2-4H,1H2/t2-,3-,4+,8-,9+/m0/s1. The first kappa shape index (κ1) is 16.2. The first-order valence-electron chi connectivity index (χ1n) is 5.27. The topological polar surface area (TPSA) is 0 Å². The third-order valence-corrected chi connectivity index (χ3v) is 10.3. The van der Waals surface area contributed by atoms with Crippen molar-refractivity contribution in [2.45, 2.75) is 30.2 Å². The highest BCUT2D eigenvalue weighted by Crippen LogP contribution is 2.80. The van der Waals surface area contributed by atoms with E-state index in [1.165, 1.54) is 0 Å². The Labute approximate surface area is 155 Å². The van der Waals surface area contributed by atoms with Crippen LogP contribution in [0.2, 0.25) is 0 Å². The number of rotatable bonds is 0. The lowest BCUT2D eigenvalue weighted by Crippen LogP contribution is -2.48. The van der Waals surface area contributed by atoms with Gasteiger partial charge >= 0.3 is 0 Å². The van der Waals surface area contributed by atoms with Crippen LogP contribution in [0.15, 0.2) is 10.1 Å². The lowest BCUT2D eigenvalue weighted by atomic mass is 9.84. The SMILES string of the molecule is ClC1=C(Cl)[C@]2(Cl)[C@@H]3[C@@H](Cl)C(Cl)(Cl)C[C@@H]3[C@@]1(Cl)C2(Cl)Cl. The highest BCUT2D eigenvalue weighted by molar-refractivity contribution is 6.66. The van der Waals surface area contributed by atoms with Crippen molar-refractivity contribution in [2.75, 3.05) is 0 Å². The van der Waals surface area contributed by atoms with Crippen LogP contribution in [0.5, 0.6) is 0 Å². The minimum atomic E-state index is -1.58. The van der Waals surface area contributed by atoms with Crippen molar-refractivity contribution in [1.82, 2.24) is 0 Å². The molecule has 0 spiro atoms. The Kier molecular flexibility index (Phi) is 3.63. The van der Waals surface area contributed by atoms with Crippen LogP contribution in [0, 0.1) is 11.8 Å². The number of hydrogen-bond donors (Lipinski definition) is 0. The van der Waals surface area contributed by atoms with E-state index in [0.29, 0.717) is 0 Å². The average molecular weight is 444 g/mol. The summed E-state index contributed by atoms with van der Waals surface area (Å²) in [5.74, 6) is -0.817. The zero-order valence-electron chi connectivity index (χ0n) is 8.84. The summed E-state index contributed by atoms with van der Waals surface area (Å²) in [4.78, 5) is -2.72. The van der Waals surface area contributed by atoms with Gasteiger partial charge in [-0.2, -0.15) is 0 Å². The fourth-order valence-corrected chi connectivity index (χ4v) is 7.67. The number of fused-ring (bicyclic) bond motifs is 5. The van der Waals surface area contributed by atoms with E-state index in [-0.39, 0.29) is 22.4 Å². The van der Waals surface area contributed by atoms with Crippen LogP contribution >= 0.6 is 104 Å². The molecule has 0 heterocycles. The molecule has 3 aliphatic carbocycles. The van der Waals surface area contributed by atoms with Gasteiger partial charge in [-0.3, -0.25) is 0 Å². The highest BCUT2D eigenvalue weighted by atomic mass is 35.5. The fourth-order valence-electron chi connectivity index (χ4n) is 3.48. The second kappa shape index (κ2) is 4.25. The third kappa shape index (κ3) is 1.51. The third-order valence-electron chi connectivity index (χ3n) is 4.36. The van der Waals surface area contributed by atoms with Gasteiger partial charge in [0.25, 0.3) is 0 Å². The molecular formula is C10H5Cl9. The molecule has 0 aromatic rings. The Morgan fingerprint density at radius 1 is 0.842 bits per heavy atom. The monoisotopic (exact) mass is 440 g/mol. The van der Waals surface area contributed by atoms with E-state index in [1.54, 1.807) is 0 Å². The van der Waals surface area contributed by atoms with Gasteiger partial charge in [-0.15, -0.1) is 34.8 Å². The van der Waals surface area contributed by atoms with Gasteiger partial charge < -0.3 is 0 Å². The maximum Gasteiger partial charge on any atom is 0.166 e. The summed E-state index contributed by atoms with van der Waals surface area (Å²) < 4.78 is -2.76. The minimum Gasteiger partial charge on any atom is -0.119 e. The van der Waals surface area contributed by atoms with Crippen LogP contribution < -0.4 is 0 Å². The van der Waals surface area contributed by atoms with Crippen LogP contribution in [-0.2, 0) is 0 Å². The van der Waals surface area contributed by atoms with Crippen LogP contribution in [0.3, 0.4) is 0 Å². The van der Waals surface area contributed by atoms with Crippen molar-refractivity contribution < 1.29 is 0 Å². The molecule has 2 saturated carbocycles. The summed E-state index contributed by atoms with van der Waals surface area (Å²) in [7, 11) is 0. The maximum atomic E-state index is 6.62.